The van der Waals surface area contributed by atoms with Crippen molar-refractivity contribution >= 4 is 22.8 Å². The second-order valence-corrected chi connectivity index (χ2v) is 4.64. The largest absolute Gasteiger partial charge is 0.383 e. The number of aromatic nitrogens is 2. The second kappa shape index (κ2) is 6.85. The van der Waals surface area contributed by atoms with Crippen LogP contribution in [0.25, 0.3) is 11.0 Å². The van der Waals surface area contributed by atoms with Crippen molar-refractivity contribution in [3.63, 3.8) is 0 Å². The maximum Gasteiger partial charge on any atom is 0.254 e. The number of hydrogen-bond acceptors (Lipinski definition) is 4. The monoisotopic (exact) mass is 290 g/mol. The van der Waals surface area contributed by atoms with Gasteiger partial charge in [-0.25, -0.2) is 4.98 Å². The number of amides is 2. The first-order valence-electron chi connectivity index (χ1n) is 6.56. The summed E-state index contributed by atoms with van der Waals surface area (Å²) in [5, 5.41) is 2.67. The van der Waals surface area contributed by atoms with Crippen molar-refractivity contribution in [2.45, 2.75) is 0 Å². The number of likely N-dealkylation sites (N-methyl/N-ethyl adjacent to an activating group) is 1. The van der Waals surface area contributed by atoms with E-state index in [2.05, 4.69) is 15.3 Å². The third-order valence-corrected chi connectivity index (χ3v) is 3.02. The Morgan fingerprint density at radius 3 is 3.00 bits per heavy atom. The van der Waals surface area contributed by atoms with Crippen LogP contribution in [0.4, 0.5) is 0 Å². The minimum atomic E-state index is -0.217. The van der Waals surface area contributed by atoms with Crippen LogP contribution >= 0.6 is 0 Å². The van der Waals surface area contributed by atoms with Crippen molar-refractivity contribution in [3.05, 3.63) is 30.1 Å². The zero-order chi connectivity index (χ0) is 15.2. The van der Waals surface area contributed by atoms with Gasteiger partial charge in [0.2, 0.25) is 5.91 Å². The summed E-state index contributed by atoms with van der Waals surface area (Å²) in [6, 6.07) is 5.19. The molecule has 0 aliphatic rings. The summed E-state index contributed by atoms with van der Waals surface area (Å²) in [5.74, 6) is -0.432. The predicted octanol–water partition coefficient (Wildman–Crippen LogP) is 0.398. The van der Waals surface area contributed by atoms with E-state index in [1.807, 2.05) is 0 Å². The number of nitrogens with one attached hydrogen (secondary N) is 2. The summed E-state index contributed by atoms with van der Waals surface area (Å²) in [5.41, 5.74) is 2.10. The maximum atomic E-state index is 12.3. The number of fused-ring (bicyclic) bond motifs is 1. The van der Waals surface area contributed by atoms with E-state index in [0.29, 0.717) is 18.7 Å². The Bertz CT molecular complexity index is 638. The molecule has 21 heavy (non-hydrogen) atoms. The fourth-order valence-corrected chi connectivity index (χ4v) is 1.92. The molecule has 1 heterocycles. The lowest BCUT2D eigenvalue weighted by Crippen LogP contribution is -2.39. The molecule has 7 heteroatoms. The van der Waals surface area contributed by atoms with E-state index in [0.717, 1.165) is 11.0 Å². The highest BCUT2D eigenvalue weighted by Crippen LogP contribution is 2.12. The Balaban J connectivity index is 1.96. The van der Waals surface area contributed by atoms with Gasteiger partial charge in [-0.05, 0) is 18.2 Å². The van der Waals surface area contributed by atoms with E-state index < -0.39 is 0 Å². The SMILES string of the molecule is COCCNC(=O)CN(C)C(=O)c1ccc2nc[nH]c2c1. The van der Waals surface area contributed by atoms with Crippen LogP contribution in [0.15, 0.2) is 24.5 Å². The van der Waals surface area contributed by atoms with E-state index in [9.17, 15) is 9.59 Å². The molecule has 0 aliphatic heterocycles. The maximum absolute atomic E-state index is 12.3. The van der Waals surface area contributed by atoms with E-state index in [4.69, 9.17) is 4.74 Å². The topological polar surface area (TPSA) is 87.3 Å². The average molecular weight is 290 g/mol. The Labute approximate surface area is 122 Å². The molecule has 0 aliphatic carbocycles. The zero-order valence-electron chi connectivity index (χ0n) is 12.0. The summed E-state index contributed by atoms with van der Waals surface area (Å²) in [6.45, 7) is 0.876. The normalized spacial score (nSPS) is 10.6. The number of imidazole rings is 1. The molecular weight excluding hydrogens is 272 g/mol. The fraction of sp³-hybridized carbons (Fsp3) is 0.357. The van der Waals surface area contributed by atoms with Crippen LogP contribution in [0.2, 0.25) is 0 Å². The number of hydrogen-bond donors (Lipinski definition) is 2. The predicted molar refractivity (Wildman–Crippen MR) is 77.9 cm³/mol. The van der Waals surface area contributed by atoms with Crippen LogP contribution in [0.5, 0.6) is 0 Å². The summed E-state index contributed by atoms with van der Waals surface area (Å²) in [6.07, 6.45) is 1.58. The van der Waals surface area contributed by atoms with E-state index in [-0.39, 0.29) is 18.4 Å². The van der Waals surface area contributed by atoms with Gasteiger partial charge in [-0.15, -0.1) is 0 Å². The van der Waals surface area contributed by atoms with Crippen molar-refractivity contribution in [2.75, 3.05) is 33.9 Å². The molecule has 7 nitrogen and oxygen atoms in total. The minimum Gasteiger partial charge on any atom is -0.383 e. The van der Waals surface area contributed by atoms with Crippen LogP contribution < -0.4 is 5.32 Å². The van der Waals surface area contributed by atoms with Gasteiger partial charge in [-0.1, -0.05) is 0 Å². The van der Waals surface area contributed by atoms with E-state index in [1.165, 1.54) is 4.90 Å². The van der Waals surface area contributed by atoms with Crippen molar-refractivity contribution < 1.29 is 14.3 Å². The number of aromatic amines is 1. The van der Waals surface area contributed by atoms with Crippen molar-refractivity contribution in [2.24, 2.45) is 0 Å². The lowest BCUT2D eigenvalue weighted by atomic mass is 10.2. The van der Waals surface area contributed by atoms with Gasteiger partial charge in [0.05, 0.1) is 30.5 Å². The second-order valence-electron chi connectivity index (χ2n) is 4.64. The number of ether oxygens (including phenoxy) is 1. The number of carbonyl (C=O) groups is 2. The van der Waals surface area contributed by atoms with Gasteiger partial charge in [0.25, 0.3) is 5.91 Å². The Morgan fingerprint density at radius 2 is 2.24 bits per heavy atom. The first-order chi connectivity index (χ1) is 10.1. The molecule has 0 unspecified atom stereocenters. The quantitative estimate of drug-likeness (QED) is 0.754. The molecular formula is C14H18N4O3. The summed E-state index contributed by atoms with van der Waals surface area (Å²) >= 11 is 0. The molecule has 0 atom stereocenters. The Morgan fingerprint density at radius 1 is 1.43 bits per heavy atom. The number of nitrogens with zero attached hydrogens (tertiary/aromatic N) is 2. The molecule has 112 valence electrons. The van der Waals surface area contributed by atoms with Crippen molar-refractivity contribution in [1.82, 2.24) is 20.2 Å². The van der Waals surface area contributed by atoms with Gasteiger partial charge in [-0.2, -0.15) is 0 Å². The standard InChI is InChI=1S/C14H18N4O3/c1-18(8-13(19)15-5-6-21-2)14(20)10-3-4-11-12(7-10)17-9-16-11/h3-4,7,9H,5-6,8H2,1-2H3,(H,15,19)(H,16,17). The van der Waals surface area contributed by atoms with Crippen LogP contribution in [-0.2, 0) is 9.53 Å². The summed E-state index contributed by atoms with van der Waals surface area (Å²) in [4.78, 5) is 32.3. The van der Waals surface area contributed by atoms with Gasteiger partial charge >= 0.3 is 0 Å². The van der Waals surface area contributed by atoms with Gasteiger partial charge in [0, 0.05) is 26.3 Å². The van der Waals surface area contributed by atoms with Gasteiger partial charge in [0.1, 0.15) is 0 Å². The number of methoxy groups -OCH3 is 1. The third kappa shape index (κ3) is 3.79. The fourth-order valence-electron chi connectivity index (χ4n) is 1.92. The van der Waals surface area contributed by atoms with Crippen molar-refractivity contribution in [1.29, 1.82) is 0 Å². The molecule has 1 aromatic heterocycles. The van der Waals surface area contributed by atoms with E-state index in [1.54, 1.807) is 38.7 Å². The highest BCUT2D eigenvalue weighted by atomic mass is 16.5. The molecule has 0 radical (unpaired) electrons. The molecule has 0 spiro atoms. The molecule has 0 saturated carbocycles. The number of rotatable bonds is 6. The van der Waals surface area contributed by atoms with Crippen LogP contribution in [0, 0.1) is 0 Å². The molecule has 0 fully saturated rings. The highest BCUT2D eigenvalue weighted by molar-refractivity contribution is 5.98. The average Bonchev–Trinajstić information content (AvgIpc) is 2.94. The first-order valence-corrected chi connectivity index (χ1v) is 6.56. The molecule has 2 amide bonds. The number of benzene rings is 1. The molecule has 0 saturated heterocycles. The molecule has 2 rings (SSSR count). The van der Waals surface area contributed by atoms with Gasteiger partial charge < -0.3 is 19.9 Å². The molecule has 2 N–H and O–H groups in total. The van der Waals surface area contributed by atoms with Crippen LogP contribution in [0.1, 0.15) is 10.4 Å². The zero-order valence-corrected chi connectivity index (χ0v) is 12.0. The lowest BCUT2D eigenvalue weighted by molar-refractivity contribution is -0.121. The molecule has 1 aromatic carbocycles. The van der Waals surface area contributed by atoms with Gasteiger partial charge in [0.15, 0.2) is 0 Å². The third-order valence-electron chi connectivity index (χ3n) is 3.02. The smallest absolute Gasteiger partial charge is 0.254 e. The van der Waals surface area contributed by atoms with Gasteiger partial charge in [-0.3, -0.25) is 9.59 Å². The summed E-state index contributed by atoms with van der Waals surface area (Å²) < 4.78 is 4.84. The molecule has 2 aromatic rings. The van der Waals surface area contributed by atoms with E-state index >= 15 is 0 Å². The van der Waals surface area contributed by atoms with Crippen LogP contribution in [0.3, 0.4) is 0 Å². The Kier molecular flexibility index (Phi) is 4.89. The van der Waals surface area contributed by atoms with Crippen molar-refractivity contribution in [3.8, 4) is 0 Å². The number of carbonyl (C=O) groups excluding carboxylic acids is 2. The summed E-state index contributed by atoms with van der Waals surface area (Å²) in [7, 11) is 3.16. The van der Waals surface area contributed by atoms with Crippen LogP contribution in [-0.4, -0.2) is 60.5 Å². The molecule has 0 bridgehead atoms. The highest BCUT2D eigenvalue weighted by Gasteiger charge is 2.15. The first kappa shape index (κ1) is 15.0. The number of H-pyrrole nitrogens is 1. The minimum absolute atomic E-state index is 0.00353. The lowest BCUT2D eigenvalue weighted by Gasteiger charge is -2.16. The Hall–Kier alpha value is -2.41.